The van der Waals surface area contributed by atoms with E-state index in [1.54, 1.807) is 6.07 Å². The van der Waals surface area contributed by atoms with E-state index in [1.807, 2.05) is 18.7 Å². The second kappa shape index (κ2) is 7.13. The van der Waals surface area contributed by atoms with Crippen LogP contribution in [0.2, 0.25) is 0 Å². The first-order valence-corrected chi connectivity index (χ1v) is 8.31. The Balaban J connectivity index is 2.16. The zero-order chi connectivity index (χ0) is 18.0. The number of alkyl halides is 3. The fourth-order valence-electron chi connectivity index (χ4n) is 3.31. The molecule has 0 spiro atoms. The Labute approximate surface area is 141 Å². The highest BCUT2D eigenvalue weighted by molar-refractivity contribution is 5.79. The van der Waals surface area contributed by atoms with Crippen LogP contribution in [0.3, 0.4) is 0 Å². The fourth-order valence-corrected chi connectivity index (χ4v) is 3.31. The standard InChI is InChI=1S/C18H25F3N2O/c1-17(2,12-22)15-8-3-4-9-23(15)16(24)11-13-6-5-7-14(10-13)18(19,20)21/h5-7,10,15H,3-4,8-9,11-12,22H2,1-2H3. The number of rotatable bonds is 4. The maximum absolute atomic E-state index is 12.8. The maximum Gasteiger partial charge on any atom is 0.416 e. The quantitative estimate of drug-likeness (QED) is 0.908. The molecule has 3 nitrogen and oxygen atoms in total. The van der Waals surface area contributed by atoms with Gasteiger partial charge in [-0.15, -0.1) is 0 Å². The van der Waals surface area contributed by atoms with Crippen LogP contribution in [0.4, 0.5) is 13.2 Å². The predicted molar refractivity (Wildman–Crippen MR) is 87.3 cm³/mol. The van der Waals surface area contributed by atoms with Gasteiger partial charge in [0.15, 0.2) is 0 Å². The summed E-state index contributed by atoms with van der Waals surface area (Å²) in [5.74, 6) is -0.124. The maximum atomic E-state index is 12.8. The minimum atomic E-state index is -4.39. The Kier molecular flexibility index (Phi) is 5.58. The van der Waals surface area contributed by atoms with Crippen LogP contribution < -0.4 is 5.73 Å². The van der Waals surface area contributed by atoms with Crippen LogP contribution in [-0.2, 0) is 17.4 Å². The van der Waals surface area contributed by atoms with Crippen molar-refractivity contribution >= 4 is 5.91 Å². The summed E-state index contributed by atoms with van der Waals surface area (Å²) in [5.41, 5.74) is 5.33. The number of likely N-dealkylation sites (tertiary alicyclic amines) is 1. The lowest BCUT2D eigenvalue weighted by molar-refractivity contribution is -0.139. The Morgan fingerprint density at radius 2 is 2.00 bits per heavy atom. The molecule has 1 fully saturated rings. The normalized spacial score (nSPS) is 19.4. The molecule has 1 amide bonds. The summed E-state index contributed by atoms with van der Waals surface area (Å²) < 4.78 is 38.4. The molecular formula is C18H25F3N2O. The van der Waals surface area contributed by atoms with Crippen molar-refractivity contribution in [3.05, 3.63) is 35.4 Å². The van der Waals surface area contributed by atoms with E-state index in [2.05, 4.69) is 0 Å². The van der Waals surface area contributed by atoms with Gasteiger partial charge in [-0.05, 0) is 42.9 Å². The predicted octanol–water partition coefficient (Wildman–Crippen LogP) is 3.61. The van der Waals surface area contributed by atoms with Gasteiger partial charge in [0.2, 0.25) is 5.91 Å². The minimum absolute atomic E-state index is 0.0128. The number of piperidine rings is 1. The first-order chi connectivity index (χ1) is 11.1. The number of hydrogen-bond donors (Lipinski definition) is 1. The summed E-state index contributed by atoms with van der Waals surface area (Å²) in [6.45, 7) is 5.18. The molecule has 1 aliphatic heterocycles. The Morgan fingerprint density at radius 1 is 1.29 bits per heavy atom. The number of amides is 1. The highest BCUT2D eigenvalue weighted by atomic mass is 19.4. The lowest BCUT2D eigenvalue weighted by Gasteiger charge is -2.44. The number of halogens is 3. The highest BCUT2D eigenvalue weighted by Crippen LogP contribution is 2.33. The third kappa shape index (κ3) is 4.29. The van der Waals surface area contributed by atoms with Crippen molar-refractivity contribution in [3.63, 3.8) is 0 Å². The van der Waals surface area contributed by atoms with Crippen LogP contribution in [0, 0.1) is 5.41 Å². The molecule has 1 heterocycles. The van der Waals surface area contributed by atoms with Crippen LogP contribution in [0.5, 0.6) is 0 Å². The molecule has 2 N–H and O–H groups in total. The molecule has 134 valence electrons. The van der Waals surface area contributed by atoms with Crippen molar-refractivity contribution in [2.24, 2.45) is 11.1 Å². The molecule has 1 saturated heterocycles. The summed E-state index contributed by atoms with van der Waals surface area (Å²) in [6, 6.07) is 5.04. The Morgan fingerprint density at radius 3 is 2.62 bits per heavy atom. The third-order valence-corrected chi connectivity index (χ3v) is 4.86. The molecule has 1 unspecified atom stereocenters. The number of nitrogens with two attached hydrogens (primary N) is 1. The van der Waals surface area contributed by atoms with Gasteiger partial charge in [0.05, 0.1) is 12.0 Å². The molecule has 1 atom stereocenters. The molecule has 0 bridgehead atoms. The number of nitrogens with zero attached hydrogens (tertiary/aromatic N) is 1. The van der Waals surface area contributed by atoms with E-state index in [0.717, 1.165) is 31.4 Å². The third-order valence-electron chi connectivity index (χ3n) is 4.86. The summed E-state index contributed by atoms with van der Waals surface area (Å²) in [4.78, 5) is 14.5. The van der Waals surface area contributed by atoms with E-state index in [9.17, 15) is 18.0 Å². The van der Waals surface area contributed by atoms with E-state index >= 15 is 0 Å². The molecule has 24 heavy (non-hydrogen) atoms. The lowest BCUT2D eigenvalue weighted by atomic mass is 9.78. The van der Waals surface area contributed by atoms with Crippen molar-refractivity contribution in [3.8, 4) is 0 Å². The van der Waals surface area contributed by atoms with Gasteiger partial charge < -0.3 is 10.6 Å². The lowest BCUT2D eigenvalue weighted by Crippen LogP contribution is -2.53. The fraction of sp³-hybridized carbons (Fsp3) is 0.611. The molecule has 6 heteroatoms. The summed E-state index contributed by atoms with van der Waals surface area (Å²) in [6.07, 6.45) is -1.55. The average Bonchev–Trinajstić information content (AvgIpc) is 2.54. The van der Waals surface area contributed by atoms with Crippen molar-refractivity contribution < 1.29 is 18.0 Å². The van der Waals surface area contributed by atoms with Crippen molar-refractivity contribution in [2.45, 2.75) is 51.7 Å². The largest absolute Gasteiger partial charge is 0.416 e. The Bertz CT molecular complexity index is 584. The minimum Gasteiger partial charge on any atom is -0.339 e. The van der Waals surface area contributed by atoms with E-state index < -0.39 is 11.7 Å². The average molecular weight is 342 g/mol. The van der Waals surface area contributed by atoms with Crippen molar-refractivity contribution in [1.82, 2.24) is 4.90 Å². The molecule has 0 radical (unpaired) electrons. The molecule has 1 aromatic carbocycles. The van der Waals surface area contributed by atoms with Crippen molar-refractivity contribution in [2.75, 3.05) is 13.1 Å². The van der Waals surface area contributed by atoms with Gasteiger partial charge in [-0.25, -0.2) is 0 Å². The summed E-state index contributed by atoms with van der Waals surface area (Å²) >= 11 is 0. The van der Waals surface area contributed by atoms with Crippen LogP contribution >= 0.6 is 0 Å². The van der Waals surface area contributed by atoms with Gasteiger partial charge >= 0.3 is 6.18 Å². The molecule has 0 saturated carbocycles. The molecule has 1 aliphatic rings. The van der Waals surface area contributed by atoms with Gasteiger partial charge in [0.25, 0.3) is 0 Å². The smallest absolute Gasteiger partial charge is 0.339 e. The van der Waals surface area contributed by atoms with Crippen LogP contribution in [0.1, 0.15) is 44.2 Å². The second-order valence-electron chi connectivity index (χ2n) is 7.17. The van der Waals surface area contributed by atoms with Gasteiger partial charge in [0.1, 0.15) is 0 Å². The molecular weight excluding hydrogens is 317 g/mol. The van der Waals surface area contributed by atoms with Crippen LogP contribution in [0.15, 0.2) is 24.3 Å². The summed E-state index contributed by atoms with van der Waals surface area (Å²) in [5, 5.41) is 0. The highest BCUT2D eigenvalue weighted by Gasteiger charge is 2.37. The van der Waals surface area contributed by atoms with E-state index in [4.69, 9.17) is 5.73 Å². The monoisotopic (exact) mass is 342 g/mol. The number of benzene rings is 1. The van der Waals surface area contributed by atoms with Gasteiger partial charge in [0, 0.05) is 12.6 Å². The molecule has 2 rings (SSSR count). The first kappa shape index (κ1) is 18.8. The van der Waals surface area contributed by atoms with Crippen molar-refractivity contribution in [1.29, 1.82) is 0 Å². The Hall–Kier alpha value is -1.56. The SMILES string of the molecule is CC(C)(CN)C1CCCCN1C(=O)Cc1cccc(C(F)(F)F)c1. The molecule has 1 aromatic rings. The van der Waals surface area contributed by atoms with Gasteiger partial charge in [-0.3, -0.25) is 4.79 Å². The summed E-state index contributed by atoms with van der Waals surface area (Å²) in [7, 11) is 0. The number of carbonyl (C=O) groups excluding carboxylic acids is 1. The van der Waals surface area contributed by atoms with Gasteiger partial charge in [-0.1, -0.05) is 32.0 Å². The van der Waals surface area contributed by atoms with E-state index in [-0.39, 0.29) is 23.8 Å². The topological polar surface area (TPSA) is 46.3 Å². The first-order valence-electron chi connectivity index (χ1n) is 8.31. The van der Waals surface area contributed by atoms with Crippen LogP contribution in [0.25, 0.3) is 0 Å². The molecule has 0 aromatic heterocycles. The number of carbonyl (C=O) groups is 1. The van der Waals surface area contributed by atoms with Gasteiger partial charge in [-0.2, -0.15) is 13.2 Å². The second-order valence-corrected chi connectivity index (χ2v) is 7.17. The van der Waals surface area contributed by atoms with E-state index in [1.165, 1.54) is 6.07 Å². The van der Waals surface area contributed by atoms with E-state index in [0.29, 0.717) is 18.7 Å². The number of hydrogen-bond acceptors (Lipinski definition) is 2. The van der Waals surface area contributed by atoms with Crippen LogP contribution in [-0.4, -0.2) is 29.9 Å². The molecule has 0 aliphatic carbocycles. The zero-order valence-corrected chi connectivity index (χ0v) is 14.2. The zero-order valence-electron chi connectivity index (χ0n) is 14.2.